The van der Waals surface area contributed by atoms with Crippen LogP contribution in [0.2, 0.25) is 0 Å². The molecule has 6 rings (SSSR count). The highest BCUT2D eigenvalue weighted by atomic mass is 79.9. The Kier molecular flexibility index (Phi) is 7.56. The molecule has 0 spiro atoms. The second-order valence-electron chi connectivity index (χ2n) is 9.50. The molecule has 6 aromatic rings. The summed E-state index contributed by atoms with van der Waals surface area (Å²) in [6.07, 6.45) is 1.66. The van der Waals surface area contributed by atoms with Crippen LogP contribution < -0.4 is 25.7 Å². The molecule has 0 aliphatic heterocycles. The lowest BCUT2D eigenvalue weighted by atomic mass is 10.1. The molecule has 0 atom stereocenters. The van der Waals surface area contributed by atoms with Gasteiger partial charge in [-0.3, -0.25) is 0 Å². The normalized spacial score (nSPS) is 11.4. The van der Waals surface area contributed by atoms with Crippen molar-refractivity contribution >= 4 is 61.1 Å². The van der Waals surface area contributed by atoms with Crippen molar-refractivity contribution in [1.82, 2.24) is 19.5 Å². The molecular formula is C29H22BrN11O3. The maximum atomic E-state index is 13.3. The van der Waals surface area contributed by atoms with E-state index in [2.05, 4.69) is 41.1 Å². The van der Waals surface area contributed by atoms with E-state index in [9.17, 15) is 15.7 Å². The lowest BCUT2D eigenvalue weighted by Crippen LogP contribution is -2.43. The number of rotatable bonds is 8. The average molecular weight is 652 g/mol. The van der Waals surface area contributed by atoms with E-state index in [0.29, 0.717) is 38.5 Å². The van der Waals surface area contributed by atoms with E-state index in [0.717, 1.165) is 10.9 Å². The highest BCUT2D eigenvalue weighted by molar-refractivity contribution is 9.09. The highest BCUT2D eigenvalue weighted by Crippen LogP contribution is 2.31. The summed E-state index contributed by atoms with van der Waals surface area (Å²) >= 11 is 3.41. The Morgan fingerprint density at radius 3 is 2.45 bits per heavy atom. The van der Waals surface area contributed by atoms with E-state index >= 15 is 0 Å². The van der Waals surface area contributed by atoms with Gasteiger partial charge in [0, 0.05) is 29.7 Å². The number of nitrogens with zero attached hydrogens (tertiary/aromatic N) is 9. The largest absolute Gasteiger partial charge is 0.617 e. The first kappa shape index (κ1) is 28.2. The SMILES string of the molecule is N#Cc1c(-c2cc(N=Nc3cccc(COc4nc(N)nc5c4ncn5CCBr)c3)ccc2N)[n+]([O-])c2ccccc2[n+]1[O-]. The Morgan fingerprint density at radius 1 is 0.955 bits per heavy atom. The number of aromatic nitrogens is 6. The van der Waals surface area contributed by atoms with Crippen LogP contribution in [0.1, 0.15) is 11.3 Å². The first-order valence-corrected chi connectivity index (χ1v) is 14.3. The van der Waals surface area contributed by atoms with Crippen molar-refractivity contribution in [3.63, 3.8) is 0 Å². The van der Waals surface area contributed by atoms with Crippen molar-refractivity contribution < 1.29 is 14.2 Å². The minimum atomic E-state index is -0.384. The number of halogens is 1. The van der Waals surface area contributed by atoms with Gasteiger partial charge in [-0.1, -0.05) is 40.2 Å². The van der Waals surface area contributed by atoms with E-state index < -0.39 is 0 Å². The van der Waals surface area contributed by atoms with Crippen molar-refractivity contribution in [3.05, 3.63) is 94.7 Å². The van der Waals surface area contributed by atoms with Gasteiger partial charge < -0.3 is 31.2 Å². The van der Waals surface area contributed by atoms with E-state index in [-0.39, 0.29) is 52.1 Å². The number of para-hydroxylation sites is 2. The number of nitriles is 1. The number of benzene rings is 3. The number of ether oxygens (including phenoxy) is 1. The summed E-state index contributed by atoms with van der Waals surface area (Å²) in [6.45, 7) is 0.816. The smallest absolute Gasteiger partial charge is 0.369 e. The molecule has 0 aliphatic carbocycles. The number of imidazole rings is 1. The summed E-state index contributed by atoms with van der Waals surface area (Å²) in [7, 11) is 0. The second-order valence-corrected chi connectivity index (χ2v) is 10.3. The van der Waals surface area contributed by atoms with Crippen LogP contribution in [0.25, 0.3) is 33.5 Å². The van der Waals surface area contributed by atoms with Crippen molar-refractivity contribution in [2.75, 3.05) is 16.8 Å². The molecule has 0 bridgehead atoms. The van der Waals surface area contributed by atoms with Crippen molar-refractivity contribution in [3.8, 4) is 23.2 Å². The standard InChI is InChI=1S/C29H22BrN11O3/c30-10-11-39-16-34-25-27(39)35-29(33)36-28(25)44-15-17-4-3-5-18(12-17)37-38-19-8-9-21(32)20(13-19)26-24(14-31)40(42)22-6-1-2-7-23(22)41(26)43/h1-9,12-13,16H,10-11,15,32H2,(H2,33,35,36). The summed E-state index contributed by atoms with van der Waals surface area (Å²) in [6, 6.07) is 19.9. The predicted octanol–water partition coefficient (Wildman–Crippen LogP) is 4.34. The number of alkyl halides is 1. The number of azo groups is 1. The summed E-state index contributed by atoms with van der Waals surface area (Å²) in [4.78, 5) is 12.9. The lowest BCUT2D eigenvalue weighted by Gasteiger charge is -2.11. The van der Waals surface area contributed by atoms with E-state index in [1.54, 1.807) is 42.7 Å². The maximum absolute atomic E-state index is 13.3. The fraction of sp³-hybridized carbons (Fsp3) is 0.103. The van der Waals surface area contributed by atoms with Crippen LogP contribution in [0.4, 0.5) is 23.0 Å². The molecule has 0 saturated heterocycles. The summed E-state index contributed by atoms with van der Waals surface area (Å²) in [5.41, 5.74) is 14.8. The van der Waals surface area contributed by atoms with Gasteiger partial charge in [0.1, 0.15) is 6.61 Å². The molecule has 0 unspecified atom stereocenters. The number of fused-ring (bicyclic) bond motifs is 2. The van der Waals surface area contributed by atoms with Crippen LogP contribution in [-0.2, 0) is 13.2 Å². The molecule has 0 fully saturated rings. The van der Waals surface area contributed by atoms with Gasteiger partial charge in [0.05, 0.1) is 23.3 Å². The quantitative estimate of drug-likeness (QED) is 0.0787. The Bertz CT molecular complexity index is 2120. The number of hydrogen-bond donors (Lipinski definition) is 2. The fourth-order valence-corrected chi connectivity index (χ4v) is 5.04. The van der Waals surface area contributed by atoms with Crippen LogP contribution >= 0.6 is 15.9 Å². The first-order chi connectivity index (χ1) is 21.4. The van der Waals surface area contributed by atoms with Gasteiger partial charge in [-0.2, -0.15) is 30.2 Å². The zero-order valence-electron chi connectivity index (χ0n) is 22.8. The molecule has 0 radical (unpaired) electrons. The summed E-state index contributed by atoms with van der Waals surface area (Å²) < 4.78 is 8.77. The third-order valence-electron chi connectivity index (χ3n) is 6.69. The van der Waals surface area contributed by atoms with Crippen molar-refractivity contribution in [2.45, 2.75) is 13.2 Å². The third kappa shape index (κ3) is 5.25. The Labute approximate surface area is 257 Å². The zero-order valence-corrected chi connectivity index (χ0v) is 24.4. The molecule has 15 heteroatoms. The predicted molar refractivity (Wildman–Crippen MR) is 165 cm³/mol. The molecule has 3 aromatic carbocycles. The van der Waals surface area contributed by atoms with Crippen molar-refractivity contribution in [1.29, 1.82) is 5.26 Å². The second kappa shape index (κ2) is 11.8. The van der Waals surface area contributed by atoms with Gasteiger partial charge in [0.25, 0.3) is 11.0 Å². The molecule has 0 saturated carbocycles. The molecule has 44 heavy (non-hydrogen) atoms. The van der Waals surface area contributed by atoms with Crippen molar-refractivity contribution in [2.24, 2.45) is 10.2 Å². The first-order valence-electron chi connectivity index (χ1n) is 13.1. The Hall–Kier alpha value is -5.88. The Morgan fingerprint density at radius 2 is 1.70 bits per heavy atom. The third-order valence-corrected chi connectivity index (χ3v) is 7.04. The number of hydrogen-bond acceptors (Lipinski definition) is 11. The monoisotopic (exact) mass is 651 g/mol. The van der Waals surface area contributed by atoms with E-state index in [1.807, 2.05) is 16.7 Å². The number of nitrogens with two attached hydrogens (primary N) is 2. The highest BCUT2D eigenvalue weighted by Gasteiger charge is 2.31. The number of nitrogen functional groups attached to an aromatic ring is 2. The van der Waals surface area contributed by atoms with Gasteiger partial charge in [0.15, 0.2) is 17.2 Å². The molecular weight excluding hydrogens is 630 g/mol. The number of anilines is 2. The summed E-state index contributed by atoms with van der Waals surface area (Å²) in [5.74, 6) is 0.343. The molecule has 14 nitrogen and oxygen atoms in total. The van der Waals surface area contributed by atoms with Gasteiger partial charge in [-0.25, -0.2) is 4.98 Å². The van der Waals surface area contributed by atoms with Crippen LogP contribution in [0.3, 0.4) is 0 Å². The average Bonchev–Trinajstić information content (AvgIpc) is 3.44. The Balaban J connectivity index is 1.27. The maximum Gasteiger partial charge on any atom is 0.369 e. The molecule has 0 aliphatic rings. The van der Waals surface area contributed by atoms with Crippen LogP contribution in [-0.4, -0.2) is 24.8 Å². The molecule has 4 N–H and O–H groups in total. The van der Waals surface area contributed by atoms with Gasteiger partial charge in [-0.15, -0.1) is 4.73 Å². The van der Waals surface area contributed by atoms with Gasteiger partial charge >= 0.3 is 11.4 Å². The zero-order chi connectivity index (χ0) is 30.8. The topological polar surface area (TPSA) is 207 Å². The molecule has 3 heterocycles. The van der Waals surface area contributed by atoms with E-state index in [4.69, 9.17) is 16.2 Å². The minimum Gasteiger partial charge on any atom is -0.617 e. The minimum absolute atomic E-state index is 0.0676. The summed E-state index contributed by atoms with van der Waals surface area (Å²) in [5, 5.41) is 45.3. The van der Waals surface area contributed by atoms with Crippen LogP contribution in [0.5, 0.6) is 5.88 Å². The van der Waals surface area contributed by atoms with Crippen LogP contribution in [0.15, 0.2) is 83.3 Å². The molecule has 218 valence electrons. The molecule has 3 aromatic heterocycles. The van der Waals surface area contributed by atoms with Gasteiger partial charge in [0.2, 0.25) is 11.8 Å². The van der Waals surface area contributed by atoms with E-state index in [1.165, 1.54) is 24.3 Å². The lowest BCUT2D eigenvalue weighted by molar-refractivity contribution is -0.622. The van der Waals surface area contributed by atoms with Crippen LogP contribution in [0, 0.1) is 21.7 Å². The number of aryl methyl sites for hydroxylation is 1. The van der Waals surface area contributed by atoms with Gasteiger partial charge in [-0.05, 0) is 35.9 Å². The molecule has 0 amide bonds. The fourth-order valence-electron chi connectivity index (χ4n) is 4.65.